The van der Waals surface area contributed by atoms with E-state index in [-0.39, 0.29) is 17.6 Å². The third kappa shape index (κ3) is 3.83. The molecule has 0 aliphatic carbocycles. The minimum absolute atomic E-state index is 0.165. The number of hydrogen-bond donors (Lipinski definition) is 2. The van der Waals surface area contributed by atoms with E-state index in [1.165, 1.54) is 11.8 Å². The first-order valence-corrected chi connectivity index (χ1v) is 8.90. The number of anilines is 1. The molecule has 3 aromatic rings. The molecule has 0 aliphatic rings. The van der Waals surface area contributed by atoms with Gasteiger partial charge in [-0.1, -0.05) is 17.8 Å². The van der Waals surface area contributed by atoms with Gasteiger partial charge in [-0.15, -0.1) is 10.2 Å². The highest BCUT2D eigenvalue weighted by Crippen LogP contribution is 2.19. The average molecular weight is 370 g/mol. The molecule has 0 saturated carbocycles. The van der Waals surface area contributed by atoms with E-state index in [9.17, 15) is 9.59 Å². The molecular formula is C17H18N6O2S. The van der Waals surface area contributed by atoms with E-state index in [0.29, 0.717) is 22.1 Å². The van der Waals surface area contributed by atoms with Crippen molar-refractivity contribution in [2.24, 2.45) is 0 Å². The topological polar surface area (TPSA) is 101 Å². The third-order valence-electron chi connectivity index (χ3n) is 3.63. The lowest BCUT2D eigenvalue weighted by molar-refractivity contribution is -0.113. The normalized spacial score (nSPS) is 10.7. The number of nitrogens with one attached hydrogen (secondary N) is 2. The molecule has 26 heavy (non-hydrogen) atoms. The van der Waals surface area contributed by atoms with E-state index < -0.39 is 0 Å². The van der Waals surface area contributed by atoms with E-state index in [2.05, 4.69) is 25.8 Å². The molecule has 0 unspecified atom stereocenters. The lowest BCUT2D eigenvalue weighted by atomic mass is 10.2. The minimum Gasteiger partial charge on any atom is -0.355 e. The number of hydrogen-bond acceptors (Lipinski definition) is 6. The van der Waals surface area contributed by atoms with Crippen LogP contribution in [0, 0.1) is 13.8 Å². The van der Waals surface area contributed by atoms with Gasteiger partial charge in [-0.05, 0) is 32.0 Å². The monoisotopic (exact) mass is 370 g/mol. The highest BCUT2D eigenvalue weighted by molar-refractivity contribution is 7.99. The predicted molar refractivity (Wildman–Crippen MR) is 99.4 cm³/mol. The first-order valence-electron chi connectivity index (χ1n) is 7.92. The number of aromatic nitrogens is 4. The van der Waals surface area contributed by atoms with Crippen LogP contribution in [0.15, 0.2) is 35.5 Å². The number of rotatable bonds is 5. The maximum atomic E-state index is 12.2. The molecule has 134 valence electrons. The molecule has 0 atom stereocenters. The number of benzene rings is 1. The number of carbonyl (C=O) groups excluding carboxylic acids is 2. The Morgan fingerprint density at radius 2 is 2.00 bits per heavy atom. The Kier molecular flexibility index (Phi) is 5.17. The van der Waals surface area contributed by atoms with Crippen molar-refractivity contribution in [2.45, 2.75) is 19.0 Å². The van der Waals surface area contributed by atoms with Crippen LogP contribution < -0.4 is 10.6 Å². The number of nitrogens with zero attached hydrogens (tertiary/aromatic N) is 4. The molecular weight excluding hydrogens is 352 g/mol. The highest BCUT2D eigenvalue weighted by atomic mass is 32.2. The third-order valence-corrected chi connectivity index (χ3v) is 4.56. The Morgan fingerprint density at radius 1 is 1.19 bits per heavy atom. The van der Waals surface area contributed by atoms with Gasteiger partial charge in [0.05, 0.1) is 5.75 Å². The zero-order valence-electron chi connectivity index (χ0n) is 14.6. The quantitative estimate of drug-likeness (QED) is 0.665. The van der Waals surface area contributed by atoms with Crippen LogP contribution >= 0.6 is 11.8 Å². The number of fused-ring (bicyclic) bond motifs is 1. The van der Waals surface area contributed by atoms with Crippen molar-refractivity contribution in [2.75, 3.05) is 18.1 Å². The fourth-order valence-corrected chi connectivity index (χ4v) is 3.29. The van der Waals surface area contributed by atoms with Gasteiger partial charge in [0.1, 0.15) is 5.82 Å². The molecule has 0 fully saturated rings. The van der Waals surface area contributed by atoms with Crippen LogP contribution in [0.1, 0.15) is 21.9 Å². The van der Waals surface area contributed by atoms with Crippen molar-refractivity contribution < 1.29 is 9.59 Å². The molecule has 2 N–H and O–H groups in total. The van der Waals surface area contributed by atoms with Crippen molar-refractivity contribution in [3.63, 3.8) is 0 Å². The molecule has 2 amide bonds. The summed E-state index contributed by atoms with van der Waals surface area (Å²) in [6.07, 6.45) is 0. The summed E-state index contributed by atoms with van der Waals surface area (Å²) in [7, 11) is 1.56. The van der Waals surface area contributed by atoms with E-state index in [4.69, 9.17) is 0 Å². The maximum Gasteiger partial charge on any atom is 0.251 e. The van der Waals surface area contributed by atoms with Gasteiger partial charge >= 0.3 is 0 Å². The van der Waals surface area contributed by atoms with Crippen molar-refractivity contribution in [3.8, 4) is 0 Å². The van der Waals surface area contributed by atoms with Crippen LogP contribution in [0.5, 0.6) is 0 Å². The predicted octanol–water partition coefficient (Wildman–Crippen LogP) is 1.83. The fourth-order valence-electron chi connectivity index (χ4n) is 2.51. The molecule has 1 aromatic carbocycles. The van der Waals surface area contributed by atoms with Gasteiger partial charge in [-0.2, -0.15) is 0 Å². The summed E-state index contributed by atoms with van der Waals surface area (Å²) in [5.74, 6) is 0.534. The first kappa shape index (κ1) is 17.9. The van der Waals surface area contributed by atoms with Crippen molar-refractivity contribution in [3.05, 3.63) is 47.4 Å². The number of aryl methyl sites for hydroxylation is 2. The van der Waals surface area contributed by atoms with Crippen LogP contribution in [-0.2, 0) is 4.79 Å². The molecule has 0 spiro atoms. The van der Waals surface area contributed by atoms with Gasteiger partial charge in [0.15, 0.2) is 10.8 Å². The lowest BCUT2D eigenvalue weighted by Crippen LogP contribution is -2.19. The SMILES string of the molecule is CNC(=O)c1cccc(NC(=O)CSc2nnc3cc(C)nc(C)n23)c1. The van der Waals surface area contributed by atoms with Crippen molar-refractivity contribution in [1.29, 1.82) is 0 Å². The zero-order chi connectivity index (χ0) is 18.7. The Bertz CT molecular complexity index is 985. The van der Waals surface area contributed by atoms with Crippen molar-refractivity contribution >= 4 is 34.9 Å². The summed E-state index contributed by atoms with van der Waals surface area (Å²) in [6, 6.07) is 8.61. The standard InChI is InChI=1S/C17H18N6O2S/c1-10-7-14-21-22-17(23(14)11(2)19-10)26-9-15(24)20-13-6-4-5-12(8-13)16(25)18-3/h4-8H,9H2,1-3H3,(H,18,25)(H,20,24). The van der Waals surface area contributed by atoms with E-state index in [0.717, 1.165) is 11.5 Å². The van der Waals surface area contributed by atoms with Crippen molar-refractivity contribution in [1.82, 2.24) is 24.9 Å². The van der Waals surface area contributed by atoms with Gasteiger partial charge in [0, 0.05) is 30.1 Å². The van der Waals surface area contributed by atoms with E-state index in [1.54, 1.807) is 31.3 Å². The van der Waals surface area contributed by atoms with Gasteiger partial charge < -0.3 is 10.6 Å². The Morgan fingerprint density at radius 3 is 2.77 bits per heavy atom. The van der Waals surface area contributed by atoms with E-state index in [1.807, 2.05) is 24.3 Å². The van der Waals surface area contributed by atoms with Crippen LogP contribution in [0.4, 0.5) is 5.69 Å². The minimum atomic E-state index is -0.205. The van der Waals surface area contributed by atoms with Crippen LogP contribution in [0.2, 0.25) is 0 Å². The van der Waals surface area contributed by atoms with E-state index >= 15 is 0 Å². The second-order valence-electron chi connectivity index (χ2n) is 5.62. The van der Waals surface area contributed by atoms with Gasteiger partial charge in [0.2, 0.25) is 5.91 Å². The fraction of sp³-hybridized carbons (Fsp3) is 0.235. The van der Waals surface area contributed by atoms with Crippen LogP contribution in [0.25, 0.3) is 5.65 Å². The Labute approximate surface area is 154 Å². The van der Waals surface area contributed by atoms with Gasteiger partial charge in [0.25, 0.3) is 5.91 Å². The van der Waals surface area contributed by atoms with Crippen LogP contribution in [0.3, 0.4) is 0 Å². The largest absolute Gasteiger partial charge is 0.355 e. The second-order valence-corrected chi connectivity index (χ2v) is 6.56. The molecule has 3 rings (SSSR count). The summed E-state index contributed by atoms with van der Waals surface area (Å²) < 4.78 is 1.82. The zero-order valence-corrected chi connectivity index (χ0v) is 15.4. The maximum absolute atomic E-state index is 12.2. The summed E-state index contributed by atoms with van der Waals surface area (Å²) in [4.78, 5) is 28.3. The average Bonchev–Trinajstić information content (AvgIpc) is 3.02. The highest BCUT2D eigenvalue weighted by Gasteiger charge is 2.12. The smallest absolute Gasteiger partial charge is 0.251 e. The molecule has 0 aliphatic heterocycles. The lowest BCUT2D eigenvalue weighted by Gasteiger charge is -2.07. The first-order chi connectivity index (χ1) is 12.5. The molecule has 8 nitrogen and oxygen atoms in total. The molecule has 2 aromatic heterocycles. The summed E-state index contributed by atoms with van der Waals surface area (Å²) >= 11 is 1.28. The number of carbonyl (C=O) groups is 2. The van der Waals surface area contributed by atoms with Crippen LogP contribution in [-0.4, -0.2) is 44.2 Å². The Hall–Kier alpha value is -2.94. The summed E-state index contributed by atoms with van der Waals surface area (Å²) in [6.45, 7) is 3.77. The second kappa shape index (κ2) is 7.52. The number of amides is 2. The molecule has 0 bridgehead atoms. The molecule has 0 saturated heterocycles. The summed E-state index contributed by atoms with van der Waals surface area (Å²) in [5.41, 5.74) is 2.62. The molecule has 0 radical (unpaired) electrons. The van der Waals surface area contributed by atoms with Gasteiger partial charge in [-0.25, -0.2) is 4.98 Å². The number of thioether (sulfide) groups is 1. The Balaban J connectivity index is 1.67. The molecule has 9 heteroatoms. The summed E-state index contributed by atoms with van der Waals surface area (Å²) in [5, 5.41) is 14.2. The molecule has 2 heterocycles. The van der Waals surface area contributed by atoms with Gasteiger partial charge in [-0.3, -0.25) is 14.0 Å².